The molecule has 0 aliphatic carbocycles. The summed E-state index contributed by atoms with van der Waals surface area (Å²) in [6.07, 6.45) is 0. The van der Waals surface area contributed by atoms with Crippen LogP contribution < -0.4 is 16.1 Å². The van der Waals surface area contributed by atoms with E-state index in [1.807, 2.05) is 47.8 Å². The zero-order valence-corrected chi connectivity index (χ0v) is 22.1. The number of hydrogen-bond acceptors (Lipinski definition) is 6. The molecule has 0 fully saturated rings. The highest BCUT2D eigenvalue weighted by molar-refractivity contribution is 9.10. The Morgan fingerprint density at radius 1 is 1.11 bits per heavy atom. The van der Waals surface area contributed by atoms with E-state index in [0.717, 1.165) is 32.6 Å². The van der Waals surface area contributed by atoms with Crippen LogP contribution in [0, 0.1) is 13.8 Å². The fraction of sp³-hybridized carbons (Fsp3) is 0.120. The van der Waals surface area contributed by atoms with Gasteiger partial charge in [0.05, 0.1) is 22.5 Å². The van der Waals surface area contributed by atoms with E-state index >= 15 is 0 Å². The molecule has 1 amide bonds. The number of nitrogens with two attached hydrogens (primary N) is 1. The monoisotopic (exact) mass is 565 g/mol. The third-order valence-corrected chi connectivity index (χ3v) is 8.22. The van der Waals surface area contributed by atoms with Crippen LogP contribution in [-0.4, -0.2) is 20.1 Å². The van der Waals surface area contributed by atoms with Crippen LogP contribution in [0.5, 0.6) is 0 Å². The summed E-state index contributed by atoms with van der Waals surface area (Å²) in [6.45, 7) is 4.03. The van der Waals surface area contributed by atoms with Gasteiger partial charge in [0.25, 0.3) is 11.5 Å². The largest absolute Gasteiger partial charge is 0.365 e. The zero-order chi connectivity index (χ0) is 24.7. The van der Waals surface area contributed by atoms with Crippen molar-refractivity contribution < 1.29 is 4.79 Å². The predicted molar refractivity (Wildman–Crippen MR) is 144 cm³/mol. The van der Waals surface area contributed by atoms with E-state index in [-0.39, 0.29) is 5.56 Å². The maximum absolute atomic E-state index is 13.5. The molecule has 2 aromatic carbocycles. The topological polar surface area (TPSA) is 95.3 Å². The highest BCUT2D eigenvalue weighted by Crippen LogP contribution is 2.27. The van der Waals surface area contributed by atoms with E-state index in [9.17, 15) is 9.59 Å². The summed E-state index contributed by atoms with van der Waals surface area (Å²) >= 11 is 6.08. The second-order valence-corrected chi connectivity index (χ2v) is 10.7. The number of rotatable bonds is 5. The highest BCUT2D eigenvalue weighted by Gasteiger charge is 2.19. The lowest BCUT2D eigenvalue weighted by Gasteiger charge is -2.10. The lowest BCUT2D eigenvalue weighted by atomic mass is 10.1. The molecule has 0 aliphatic heterocycles. The molecule has 0 spiro atoms. The number of thiophene rings is 1. The van der Waals surface area contributed by atoms with Crippen LogP contribution in [-0.2, 0) is 6.54 Å². The number of amides is 1. The Morgan fingerprint density at radius 2 is 1.83 bits per heavy atom. The van der Waals surface area contributed by atoms with Crippen molar-refractivity contribution in [2.45, 2.75) is 20.4 Å². The minimum Gasteiger partial charge on any atom is -0.365 e. The molecule has 35 heavy (non-hydrogen) atoms. The molecule has 0 saturated carbocycles. The number of nitrogens with zero attached hydrogens (tertiary/aromatic N) is 4. The van der Waals surface area contributed by atoms with Gasteiger partial charge in [0.15, 0.2) is 0 Å². The maximum Gasteiger partial charge on any atom is 0.283 e. The van der Waals surface area contributed by atoms with E-state index in [0.29, 0.717) is 37.8 Å². The molecule has 0 saturated heterocycles. The maximum atomic E-state index is 13.5. The predicted octanol–water partition coefficient (Wildman–Crippen LogP) is 4.88. The van der Waals surface area contributed by atoms with Crippen LogP contribution in [0.1, 0.15) is 26.6 Å². The van der Waals surface area contributed by atoms with Gasteiger partial charge >= 0.3 is 0 Å². The fourth-order valence-corrected chi connectivity index (χ4v) is 6.13. The van der Waals surface area contributed by atoms with E-state index in [4.69, 9.17) is 10.8 Å². The molecule has 0 bridgehead atoms. The van der Waals surface area contributed by atoms with Gasteiger partial charge in [-0.05, 0) is 42.7 Å². The summed E-state index contributed by atoms with van der Waals surface area (Å²) in [5, 5.41) is 7.16. The molecule has 0 aliphatic rings. The number of benzene rings is 2. The molecule has 0 atom stereocenters. The number of aryl methyl sites for hydroxylation is 2. The summed E-state index contributed by atoms with van der Waals surface area (Å²) in [4.78, 5) is 31.3. The highest BCUT2D eigenvalue weighted by atomic mass is 79.9. The number of halogens is 1. The first-order valence-electron chi connectivity index (χ1n) is 10.7. The molecule has 2 N–H and O–H groups in total. The Morgan fingerprint density at radius 3 is 2.51 bits per heavy atom. The van der Waals surface area contributed by atoms with E-state index in [1.165, 1.54) is 16.0 Å². The van der Waals surface area contributed by atoms with Crippen LogP contribution in [0.25, 0.3) is 21.5 Å². The van der Waals surface area contributed by atoms with Crippen molar-refractivity contribution in [2.75, 3.05) is 0 Å². The van der Waals surface area contributed by atoms with Crippen molar-refractivity contribution in [3.05, 3.63) is 101 Å². The van der Waals surface area contributed by atoms with Gasteiger partial charge in [0, 0.05) is 9.85 Å². The number of primary amides is 1. The van der Waals surface area contributed by atoms with Crippen LogP contribution in [0.15, 0.2) is 74.3 Å². The average Bonchev–Trinajstić information content (AvgIpc) is 3.38. The minimum absolute atomic E-state index is 0.321. The van der Waals surface area contributed by atoms with Crippen molar-refractivity contribution in [3.63, 3.8) is 0 Å². The molecule has 0 unspecified atom stereocenters. The van der Waals surface area contributed by atoms with Gasteiger partial charge in [0.1, 0.15) is 10.7 Å². The first-order chi connectivity index (χ1) is 16.8. The van der Waals surface area contributed by atoms with Gasteiger partial charge in [-0.15, -0.1) is 27.8 Å². The van der Waals surface area contributed by atoms with Gasteiger partial charge in [0.2, 0.25) is 4.80 Å². The summed E-state index contributed by atoms with van der Waals surface area (Å²) in [6, 6.07) is 18.2. The van der Waals surface area contributed by atoms with Crippen LogP contribution in [0.4, 0.5) is 0 Å². The van der Waals surface area contributed by atoms with Crippen molar-refractivity contribution in [1.82, 2.24) is 14.2 Å². The van der Waals surface area contributed by atoms with E-state index in [1.54, 1.807) is 13.8 Å². The van der Waals surface area contributed by atoms with Gasteiger partial charge in [-0.25, -0.2) is 4.98 Å². The quantitative estimate of drug-likeness (QED) is 0.329. The number of hydrogen-bond donors (Lipinski definition) is 1. The number of aromatic nitrogens is 3. The number of thiazole rings is 1. The molecule has 10 heteroatoms. The number of carbonyl (C=O) groups excluding carboxylic acids is 1. The minimum atomic E-state index is -0.566. The SMILES string of the molecule is Cc1c(C(N)=O)sc2nc(C)n(/N=c3\scc(-c4ccc(Br)cc4)n3Cc3ccccc3)c(=O)c12. The van der Waals surface area contributed by atoms with Crippen molar-refractivity contribution in [1.29, 1.82) is 0 Å². The fourth-order valence-electron chi connectivity index (χ4n) is 3.89. The summed E-state index contributed by atoms with van der Waals surface area (Å²) < 4.78 is 4.40. The second-order valence-electron chi connectivity index (χ2n) is 7.96. The molecule has 5 aromatic rings. The molecule has 176 valence electrons. The van der Waals surface area contributed by atoms with Gasteiger partial charge < -0.3 is 10.3 Å². The summed E-state index contributed by atoms with van der Waals surface area (Å²) in [5.74, 6) is -0.131. The first-order valence-corrected chi connectivity index (χ1v) is 13.2. The zero-order valence-electron chi connectivity index (χ0n) is 18.9. The molecule has 3 heterocycles. The van der Waals surface area contributed by atoms with Crippen molar-refractivity contribution >= 4 is 54.7 Å². The first kappa shape index (κ1) is 23.4. The van der Waals surface area contributed by atoms with Gasteiger partial charge in [-0.1, -0.05) is 58.4 Å². The smallest absolute Gasteiger partial charge is 0.283 e. The van der Waals surface area contributed by atoms with Crippen molar-refractivity contribution in [3.8, 4) is 11.3 Å². The third-order valence-electron chi connectivity index (χ3n) is 5.63. The Hall–Kier alpha value is -3.34. The van der Waals surface area contributed by atoms with Gasteiger partial charge in [-0.3, -0.25) is 9.59 Å². The standard InChI is InChI=1S/C25H20BrN5O2S2/c1-14-20-23(35-21(14)22(27)32)28-15(2)31(24(20)33)29-25-30(12-16-6-4-3-5-7-16)19(13-34-25)17-8-10-18(26)11-9-17/h3-11,13H,12H2,1-2H3,(H2,27,32)/b29-25-. The molecular weight excluding hydrogens is 546 g/mol. The average molecular weight is 567 g/mol. The summed E-state index contributed by atoms with van der Waals surface area (Å²) in [7, 11) is 0. The lowest BCUT2D eigenvalue weighted by molar-refractivity contribution is 0.100. The molecule has 3 aromatic heterocycles. The molecular formula is C25H20BrN5O2S2. The Labute approximate surface area is 216 Å². The Balaban J connectivity index is 1.74. The number of carbonyl (C=O) groups is 1. The lowest BCUT2D eigenvalue weighted by Crippen LogP contribution is -2.26. The molecule has 7 nitrogen and oxygen atoms in total. The van der Waals surface area contributed by atoms with Crippen LogP contribution >= 0.6 is 38.6 Å². The third kappa shape index (κ3) is 4.40. The molecule has 0 radical (unpaired) electrons. The van der Waals surface area contributed by atoms with E-state index in [2.05, 4.69) is 37.6 Å². The summed E-state index contributed by atoms with van der Waals surface area (Å²) in [5.41, 5.74) is 8.86. The van der Waals surface area contributed by atoms with Crippen LogP contribution in [0.3, 0.4) is 0 Å². The van der Waals surface area contributed by atoms with Crippen LogP contribution in [0.2, 0.25) is 0 Å². The number of fused-ring (bicyclic) bond motifs is 1. The normalized spacial score (nSPS) is 11.9. The Bertz CT molecular complexity index is 1700. The second kappa shape index (κ2) is 9.37. The van der Waals surface area contributed by atoms with Gasteiger partial charge in [-0.2, -0.15) is 4.68 Å². The van der Waals surface area contributed by atoms with E-state index < -0.39 is 5.91 Å². The Kier molecular flexibility index (Phi) is 6.26. The van der Waals surface area contributed by atoms with Crippen molar-refractivity contribution in [2.24, 2.45) is 10.8 Å². The molecule has 5 rings (SSSR count).